The lowest BCUT2D eigenvalue weighted by Crippen LogP contribution is -2.01. The maximum atomic E-state index is 12.2. The van der Waals surface area contributed by atoms with Gasteiger partial charge in [0.05, 0.1) is 18.3 Å². The summed E-state index contributed by atoms with van der Waals surface area (Å²) in [6.07, 6.45) is 2.78. The van der Waals surface area contributed by atoms with Crippen LogP contribution in [-0.2, 0) is 13.0 Å². The van der Waals surface area contributed by atoms with E-state index in [0.29, 0.717) is 6.54 Å². The van der Waals surface area contributed by atoms with Crippen LogP contribution in [0.5, 0.6) is 0 Å². The predicted octanol–water partition coefficient (Wildman–Crippen LogP) is 2.57. The van der Waals surface area contributed by atoms with Crippen LogP contribution < -0.4 is 0 Å². The molecule has 0 saturated heterocycles. The van der Waals surface area contributed by atoms with Gasteiger partial charge >= 0.3 is 0 Å². The monoisotopic (exact) mass is 192 g/mol. The van der Waals surface area contributed by atoms with E-state index in [2.05, 4.69) is 24.2 Å². The minimum absolute atomic E-state index is 0.344. The minimum atomic E-state index is -0.368. The summed E-state index contributed by atoms with van der Waals surface area (Å²) in [5, 5.41) is 5.22. The van der Waals surface area contributed by atoms with Gasteiger partial charge in [0, 0.05) is 5.39 Å². The highest BCUT2D eigenvalue weighted by Crippen LogP contribution is 2.16. The minimum Gasteiger partial charge on any atom is -0.262 e. The number of fused-ring (bicyclic) bond motifs is 1. The summed E-state index contributed by atoms with van der Waals surface area (Å²) in [6.45, 7) is 2.08. The highest BCUT2D eigenvalue weighted by Gasteiger charge is 2.02. The molecule has 1 aromatic carbocycles. The number of rotatable bonds is 3. The van der Waals surface area contributed by atoms with E-state index in [9.17, 15) is 4.39 Å². The van der Waals surface area contributed by atoms with Crippen molar-refractivity contribution in [2.75, 3.05) is 6.67 Å². The highest BCUT2D eigenvalue weighted by atomic mass is 19.1. The van der Waals surface area contributed by atoms with Crippen molar-refractivity contribution in [2.24, 2.45) is 0 Å². The first-order chi connectivity index (χ1) is 6.85. The standard InChI is InChI=1S/C11H13FN2/c1-2-9-3-4-10-8-13-14(6-5-12)11(10)7-9/h3-4,7-8H,2,5-6H2,1H3. The Morgan fingerprint density at radius 3 is 3.00 bits per heavy atom. The summed E-state index contributed by atoms with van der Waals surface area (Å²) in [4.78, 5) is 0. The molecule has 2 rings (SSSR count). The van der Waals surface area contributed by atoms with E-state index in [-0.39, 0.29) is 6.67 Å². The first-order valence-corrected chi connectivity index (χ1v) is 4.85. The fourth-order valence-corrected chi connectivity index (χ4v) is 1.59. The summed E-state index contributed by atoms with van der Waals surface area (Å²) in [5.74, 6) is 0. The van der Waals surface area contributed by atoms with E-state index in [0.717, 1.165) is 17.3 Å². The van der Waals surface area contributed by atoms with Crippen LogP contribution in [0, 0.1) is 0 Å². The zero-order valence-corrected chi connectivity index (χ0v) is 8.20. The second kappa shape index (κ2) is 3.78. The molecule has 0 fully saturated rings. The molecule has 0 radical (unpaired) electrons. The van der Waals surface area contributed by atoms with Gasteiger partial charge in [0.2, 0.25) is 0 Å². The Morgan fingerprint density at radius 2 is 2.29 bits per heavy atom. The van der Waals surface area contributed by atoms with Gasteiger partial charge in [-0.3, -0.25) is 4.68 Å². The van der Waals surface area contributed by atoms with Crippen molar-refractivity contribution >= 4 is 10.9 Å². The average molecular weight is 192 g/mol. The van der Waals surface area contributed by atoms with Gasteiger partial charge in [0.15, 0.2) is 0 Å². The summed E-state index contributed by atoms with van der Waals surface area (Å²) in [7, 11) is 0. The Morgan fingerprint density at radius 1 is 1.43 bits per heavy atom. The maximum absolute atomic E-state index is 12.2. The lowest BCUT2D eigenvalue weighted by molar-refractivity contribution is 0.433. The van der Waals surface area contributed by atoms with Crippen LogP contribution in [0.15, 0.2) is 24.4 Å². The van der Waals surface area contributed by atoms with Crippen molar-refractivity contribution in [3.05, 3.63) is 30.0 Å². The average Bonchev–Trinajstić information content (AvgIpc) is 2.61. The number of hydrogen-bond acceptors (Lipinski definition) is 1. The van der Waals surface area contributed by atoms with Gasteiger partial charge in [-0.05, 0) is 18.1 Å². The number of benzene rings is 1. The smallest absolute Gasteiger partial charge is 0.109 e. The number of nitrogens with zero attached hydrogens (tertiary/aromatic N) is 2. The number of aryl methyl sites for hydroxylation is 2. The van der Waals surface area contributed by atoms with Gasteiger partial charge in [0.25, 0.3) is 0 Å². The first kappa shape index (κ1) is 9.19. The van der Waals surface area contributed by atoms with Crippen LogP contribution in [0.4, 0.5) is 4.39 Å². The van der Waals surface area contributed by atoms with E-state index >= 15 is 0 Å². The Hall–Kier alpha value is -1.38. The molecule has 1 aromatic heterocycles. The second-order valence-electron chi connectivity index (χ2n) is 3.30. The molecule has 0 N–H and O–H groups in total. The molecule has 0 spiro atoms. The number of halogens is 1. The van der Waals surface area contributed by atoms with E-state index in [1.54, 1.807) is 10.9 Å². The summed E-state index contributed by atoms with van der Waals surface area (Å²) < 4.78 is 13.9. The Balaban J connectivity index is 2.52. The fraction of sp³-hybridized carbons (Fsp3) is 0.364. The molecule has 0 atom stereocenters. The molecular weight excluding hydrogens is 179 g/mol. The molecule has 0 unspecified atom stereocenters. The topological polar surface area (TPSA) is 17.8 Å². The van der Waals surface area contributed by atoms with Gasteiger partial charge in [-0.15, -0.1) is 0 Å². The molecule has 2 nitrogen and oxygen atoms in total. The summed E-state index contributed by atoms with van der Waals surface area (Å²) >= 11 is 0. The van der Waals surface area contributed by atoms with Crippen LogP contribution >= 0.6 is 0 Å². The fourth-order valence-electron chi connectivity index (χ4n) is 1.59. The van der Waals surface area contributed by atoms with E-state index in [4.69, 9.17) is 0 Å². The zero-order valence-electron chi connectivity index (χ0n) is 8.20. The normalized spacial score (nSPS) is 11.0. The van der Waals surface area contributed by atoms with Gasteiger partial charge < -0.3 is 0 Å². The highest BCUT2D eigenvalue weighted by molar-refractivity contribution is 5.79. The van der Waals surface area contributed by atoms with E-state index in [1.807, 2.05) is 6.07 Å². The molecule has 0 aliphatic carbocycles. The van der Waals surface area contributed by atoms with Crippen LogP contribution in [0.3, 0.4) is 0 Å². The lowest BCUT2D eigenvalue weighted by Gasteiger charge is -2.01. The molecule has 1 heterocycles. The van der Waals surface area contributed by atoms with E-state index in [1.165, 1.54) is 5.56 Å². The second-order valence-corrected chi connectivity index (χ2v) is 3.30. The van der Waals surface area contributed by atoms with Gasteiger partial charge in [-0.2, -0.15) is 5.10 Å². The zero-order chi connectivity index (χ0) is 9.97. The molecule has 0 aliphatic rings. The summed E-state index contributed by atoms with van der Waals surface area (Å²) in [6, 6.07) is 6.21. The van der Waals surface area contributed by atoms with Crippen molar-refractivity contribution in [3.8, 4) is 0 Å². The van der Waals surface area contributed by atoms with Crippen molar-refractivity contribution < 1.29 is 4.39 Å². The molecule has 14 heavy (non-hydrogen) atoms. The van der Waals surface area contributed by atoms with Crippen LogP contribution in [0.2, 0.25) is 0 Å². The first-order valence-electron chi connectivity index (χ1n) is 4.85. The molecule has 74 valence electrons. The largest absolute Gasteiger partial charge is 0.262 e. The van der Waals surface area contributed by atoms with Crippen molar-refractivity contribution in [3.63, 3.8) is 0 Å². The molecule has 0 saturated carbocycles. The van der Waals surface area contributed by atoms with Crippen LogP contribution in [0.25, 0.3) is 10.9 Å². The molecule has 2 aromatic rings. The SMILES string of the molecule is CCc1ccc2cnn(CCF)c2c1. The predicted molar refractivity (Wildman–Crippen MR) is 55.1 cm³/mol. The lowest BCUT2D eigenvalue weighted by atomic mass is 10.1. The van der Waals surface area contributed by atoms with Crippen LogP contribution in [0.1, 0.15) is 12.5 Å². The molecule has 0 amide bonds. The molecular formula is C11H13FN2. The third-order valence-corrected chi connectivity index (χ3v) is 2.41. The number of alkyl halides is 1. The van der Waals surface area contributed by atoms with Crippen molar-refractivity contribution in [2.45, 2.75) is 19.9 Å². The Labute approximate surface area is 82.3 Å². The van der Waals surface area contributed by atoms with Crippen molar-refractivity contribution in [1.82, 2.24) is 9.78 Å². The van der Waals surface area contributed by atoms with Crippen molar-refractivity contribution in [1.29, 1.82) is 0 Å². The molecule has 3 heteroatoms. The Bertz CT molecular complexity index is 434. The number of hydrogen-bond donors (Lipinski definition) is 0. The Kier molecular flexibility index (Phi) is 2.48. The molecule has 0 bridgehead atoms. The molecule has 0 aliphatic heterocycles. The van der Waals surface area contributed by atoms with E-state index < -0.39 is 0 Å². The third kappa shape index (κ3) is 1.50. The van der Waals surface area contributed by atoms with Gasteiger partial charge in [0.1, 0.15) is 6.67 Å². The number of aromatic nitrogens is 2. The quantitative estimate of drug-likeness (QED) is 0.730. The van der Waals surface area contributed by atoms with Gasteiger partial charge in [-0.25, -0.2) is 4.39 Å². The maximum Gasteiger partial charge on any atom is 0.109 e. The summed E-state index contributed by atoms with van der Waals surface area (Å²) in [5.41, 5.74) is 2.29. The van der Waals surface area contributed by atoms with Crippen LogP contribution in [-0.4, -0.2) is 16.5 Å². The third-order valence-electron chi connectivity index (χ3n) is 2.41. The van der Waals surface area contributed by atoms with Gasteiger partial charge in [-0.1, -0.05) is 19.1 Å².